The summed E-state index contributed by atoms with van der Waals surface area (Å²) >= 11 is 0. The van der Waals surface area contributed by atoms with Crippen LogP contribution in [0, 0.1) is 5.92 Å². The molecule has 0 heterocycles. The van der Waals surface area contributed by atoms with Crippen molar-refractivity contribution in [3.05, 3.63) is 29.3 Å². The van der Waals surface area contributed by atoms with Gasteiger partial charge < -0.3 is 4.74 Å². The number of ketones is 1. The maximum atomic E-state index is 11.8. The molecule has 0 aliphatic heterocycles. The normalized spacial score (nSPS) is 19.6. The number of rotatable bonds is 4. The Morgan fingerprint density at radius 3 is 2.72 bits per heavy atom. The molecule has 1 atom stereocenters. The average molecular weight is 246 g/mol. The Balaban J connectivity index is 2.23. The van der Waals surface area contributed by atoms with Gasteiger partial charge in [-0.2, -0.15) is 0 Å². The van der Waals surface area contributed by atoms with Gasteiger partial charge in [-0.15, -0.1) is 0 Å². The molecule has 0 N–H and O–H groups in total. The minimum atomic E-state index is 0.210. The third-order valence-electron chi connectivity index (χ3n) is 3.87. The summed E-state index contributed by atoms with van der Waals surface area (Å²) in [5, 5.41) is 0. The highest BCUT2D eigenvalue weighted by molar-refractivity contribution is 5.83. The van der Waals surface area contributed by atoms with E-state index in [1.165, 1.54) is 11.1 Å². The van der Waals surface area contributed by atoms with Crippen LogP contribution in [0.15, 0.2) is 18.2 Å². The maximum Gasteiger partial charge on any atom is 0.136 e. The van der Waals surface area contributed by atoms with E-state index in [4.69, 9.17) is 4.74 Å². The highest BCUT2D eigenvalue weighted by Gasteiger charge is 2.25. The lowest BCUT2D eigenvalue weighted by Gasteiger charge is -2.15. The van der Waals surface area contributed by atoms with Crippen molar-refractivity contribution in [1.82, 2.24) is 0 Å². The molecule has 1 fully saturated rings. The second-order valence-electron chi connectivity index (χ2n) is 5.49. The Morgan fingerprint density at radius 1 is 1.39 bits per heavy atom. The summed E-state index contributed by atoms with van der Waals surface area (Å²) in [6, 6.07) is 6.35. The van der Waals surface area contributed by atoms with Gasteiger partial charge in [-0.25, -0.2) is 0 Å². The van der Waals surface area contributed by atoms with E-state index < -0.39 is 0 Å². The van der Waals surface area contributed by atoms with E-state index in [2.05, 4.69) is 26.0 Å². The molecule has 0 saturated heterocycles. The number of carbonyl (C=O) groups excluding carboxylic acids is 1. The van der Waals surface area contributed by atoms with Gasteiger partial charge in [-0.1, -0.05) is 26.0 Å². The zero-order chi connectivity index (χ0) is 13.1. The van der Waals surface area contributed by atoms with Crippen molar-refractivity contribution < 1.29 is 9.53 Å². The van der Waals surface area contributed by atoms with E-state index in [9.17, 15) is 4.79 Å². The van der Waals surface area contributed by atoms with Gasteiger partial charge in [0.1, 0.15) is 11.5 Å². The molecule has 0 spiro atoms. The fourth-order valence-electron chi connectivity index (χ4n) is 2.69. The molecular formula is C16H22O2. The van der Waals surface area contributed by atoms with Crippen LogP contribution in [0.5, 0.6) is 5.75 Å². The standard InChI is InChI=1S/C16H22O2/c1-11(2)12-7-8-16(18-3)14(9-12)10-13-5-4-6-15(13)17/h7-9,11,13H,4-6,10H2,1-3H3. The number of Topliss-reactive ketones (excluding diaryl/α,β-unsaturated/α-hetero) is 1. The van der Waals surface area contributed by atoms with E-state index in [0.29, 0.717) is 11.7 Å². The summed E-state index contributed by atoms with van der Waals surface area (Å²) in [5.41, 5.74) is 2.50. The first-order valence-corrected chi connectivity index (χ1v) is 6.81. The van der Waals surface area contributed by atoms with Crippen LogP contribution in [-0.2, 0) is 11.2 Å². The molecule has 2 nitrogen and oxygen atoms in total. The lowest BCUT2D eigenvalue weighted by Crippen LogP contribution is -2.10. The van der Waals surface area contributed by atoms with Crippen LogP contribution in [0.2, 0.25) is 0 Å². The Hall–Kier alpha value is -1.31. The minimum Gasteiger partial charge on any atom is -0.496 e. The SMILES string of the molecule is COc1ccc(C(C)C)cc1CC1CCCC1=O. The summed E-state index contributed by atoms with van der Waals surface area (Å²) in [7, 11) is 1.70. The van der Waals surface area contributed by atoms with Gasteiger partial charge in [0.2, 0.25) is 0 Å². The molecule has 1 aromatic rings. The van der Waals surface area contributed by atoms with Crippen LogP contribution in [-0.4, -0.2) is 12.9 Å². The molecular weight excluding hydrogens is 224 g/mol. The molecule has 1 aliphatic carbocycles. The molecule has 1 aromatic carbocycles. The van der Waals surface area contributed by atoms with Crippen molar-refractivity contribution in [2.75, 3.05) is 7.11 Å². The zero-order valence-electron chi connectivity index (χ0n) is 11.5. The number of hydrogen-bond acceptors (Lipinski definition) is 2. The van der Waals surface area contributed by atoms with Crippen LogP contribution in [0.1, 0.15) is 50.2 Å². The van der Waals surface area contributed by atoms with Gasteiger partial charge >= 0.3 is 0 Å². The summed E-state index contributed by atoms with van der Waals surface area (Å²) in [5.74, 6) is 2.06. The van der Waals surface area contributed by atoms with Gasteiger partial charge in [0.25, 0.3) is 0 Å². The third kappa shape index (κ3) is 2.74. The highest BCUT2D eigenvalue weighted by atomic mass is 16.5. The highest BCUT2D eigenvalue weighted by Crippen LogP contribution is 2.31. The summed E-state index contributed by atoms with van der Waals surface area (Å²) in [6.07, 6.45) is 3.68. The zero-order valence-corrected chi connectivity index (χ0v) is 11.5. The van der Waals surface area contributed by atoms with E-state index >= 15 is 0 Å². The van der Waals surface area contributed by atoms with Crippen molar-refractivity contribution in [1.29, 1.82) is 0 Å². The Labute approximate surface area is 109 Å². The monoisotopic (exact) mass is 246 g/mol. The molecule has 1 unspecified atom stereocenters. The van der Waals surface area contributed by atoms with E-state index in [1.54, 1.807) is 7.11 Å². The molecule has 18 heavy (non-hydrogen) atoms. The molecule has 1 saturated carbocycles. The van der Waals surface area contributed by atoms with Gasteiger partial charge in [0.05, 0.1) is 7.11 Å². The Kier molecular flexibility index (Phi) is 4.05. The quantitative estimate of drug-likeness (QED) is 0.809. The molecule has 1 aliphatic rings. The second kappa shape index (κ2) is 5.55. The summed E-state index contributed by atoms with van der Waals surface area (Å²) in [6.45, 7) is 4.37. The summed E-state index contributed by atoms with van der Waals surface area (Å²) in [4.78, 5) is 11.8. The first-order valence-electron chi connectivity index (χ1n) is 6.81. The van der Waals surface area contributed by atoms with Crippen molar-refractivity contribution in [2.45, 2.75) is 45.4 Å². The van der Waals surface area contributed by atoms with Crippen LogP contribution < -0.4 is 4.74 Å². The smallest absolute Gasteiger partial charge is 0.136 e. The maximum absolute atomic E-state index is 11.8. The Morgan fingerprint density at radius 2 is 2.17 bits per heavy atom. The molecule has 2 rings (SSSR count). The third-order valence-corrected chi connectivity index (χ3v) is 3.87. The predicted octanol–water partition coefficient (Wildman–Crippen LogP) is 3.73. The van der Waals surface area contributed by atoms with Crippen LogP contribution in [0.4, 0.5) is 0 Å². The molecule has 0 aromatic heterocycles. The van der Waals surface area contributed by atoms with E-state index in [0.717, 1.165) is 31.4 Å². The molecule has 98 valence electrons. The van der Waals surface area contributed by atoms with Crippen molar-refractivity contribution in [3.8, 4) is 5.75 Å². The van der Waals surface area contributed by atoms with Crippen LogP contribution >= 0.6 is 0 Å². The Bertz CT molecular complexity index is 435. The van der Waals surface area contributed by atoms with Gasteiger partial charge in [0, 0.05) is 12.3 Å². The predicted molar refractivity (Wildman–Crippen MR) is 73.1 cm³/mol. The first-order chi connectivity index (χ1) is 8.61. The van der Waals surface area contributed by atoms with Gasteiger partial charge in [-0.3, -0.25) is 4.79 Å². The number of benzene rings is 1. The molecule has 0 bridgehead atoms. The molecule has 0 radical (unpaired) electrons. The largest absolute Gasteiger partial charge is 0.496 e. The lowest BCUT2D eigenvalue weighted by atomic mass is 9.93. The first kappa shape index (κ1) is 13.1. The van der Waals surface area contributed by atoms with Crippen molar-refractivity contribution in [2.24, 2.45) is 5.92 Å². The fraction of sp³-hybridized carbons (Fsp3) is 0.562. The van der Waals surface area contributed by atoms with Gasteiger partial charge in [0.15, 0.2) is 0 Å². The topological polar surface area (TPSA) is 26.3 Å². The molecule has 0 amide bonds. The lowest BCUT2D eigenvalue weighted by molar-refractivity contribution is -0.120. The van der Waals surface area contributed by atoms with E-state index in [1.807, 2.05) is 6.07 Å². The number of methoxy groups -OCH3 is 1. The van der Waals surface area contributed by atoms with Crippen LogP contribution in [0.3, 0.4) is 0 Å². The summed E-state index contributed by atoms with van der Waals surface area (Å²) < 4.78 is 5.41. The number of hydrogen-bond donors (Lipinski definition) is 0. The van der Waals surface area contributed by atoms with Crippen LogP contribution in [0.25, 0.3) is 0 Å². The number of ether oxygens (including phenoxy) is 1. The van der Waals surface area contributed by atoms with Crippen molar-refractivity contribution in [3.63, 3.8) is 0 Å². The fourth-order valence-corrected chi connectivity index (χ4v) is 2.69. The number of carbonyl (C=O) groups is 1. The van der Waals surface area contributed by atoms with E-state index in [-0.39, 0.29) is 5.92 Å². The second-order valence-corrected chi connectivity index (χ2v) is 5.49. The minimum absolute atomic E-state index is 0.210. The van der Waals surface area contributed by atoms with Gasteiger partial charge in [-0.05, 0) is 42.4 Å². The molecule has 2 heteroatoms. The average Bonchev–Trinajstić information content (AvgIpc) is 2.75. The van der Waals surface area contributed by atoms with Crippen molar-refractivity contribution >= 4 is 5.78 Å².